The van der Waals surface area contributed by atoms with E-state index in [4.69, 9.17) is 5.73 Å². The van der Waals surface area contributed by atoms with Crippen LogP contribution in [0.1, 0.15) is 4.88 Å². The monoisotopic (exact) mass is 310 g/mol. The highest BCUT2D eigenvalue weighted by Crippen LogP contribution is 2.21. The van der Waals surface area contributed by atoms with Gasteiger partial charge in [0, 0.05) is 28.1 Å². The van der Waals surface area contributed by atoms with Crippen LogP contribution in [-0.4, -0.2) is 13.1 Å². The molecule has 4 heteroatoms. The van der Waals surface area contributed by atoms with Crippen LogP contribution in [0.2, 0.25) is 0 Å². The molecule has 0 radical (unpaired) electrons. The molecule has 1 heterocycles. The maximum absolute atomic E-state index is 5.68. The van der Waals surface area contributed by atoms with Crippen molar-refractivity contribution < 1.29 is 0 Å². The van der Waals surface area contributed by atoms with Gasteiger partial charge in [-0.25, -0.2) is 0 Å². The highest BCUT2D eigenvalue weighted by Gasteiger charge is 2.06. The van der Waals surface area contributed by atoms with E-state index in [9.17, 15) is 0 Å². The number of rotatable bonds is 5. The summed E-state index contributed by atoms with van der Waals surface area (Å²) in [6.45, 7) is 2.47. The standard InChI is InChI=1S/C13H15BrN2S/c14-11-3-5-12(6-4-11)16(8-7-15)10-13-2-1-9-17-13/h1-6,9H,7-8,10,15H2. The molecule has 2 N–H and O–H groups in total. The van der Waals surface area contributed by atoms with Gasteiger partial charge < -0.3 is 10.6 Å². The van der Waals surface area contributed by atoms with Gasteiger partial charge >= 0.3 is 0 Å². The first-order valence-electron chi connectivity index (χ1n) is 5.52. The third-order valence-electron chi connectivity index (χ3n) is 2.52. The van der Waals surface area contributed by atoms with Gasteiger partial charge in [-0.3, -0.25) is 0 Å². The topological polar surface area (TPSA) is 29.3 Å². The van der Waals surface area contributed by atoms with Crippen LogP contribution < -0.4 is 10.6 Å². The average molecular weight is 311 g/mol. The number of anilines is 1. The van der Waals surface area contributed by atoms with Crippen molar-refractivity contribution in [3.05, 3.63) is 51.1 Å². The van der Waals surface area contributed by atoms with E-state index in [0.717, 1.165) is 17.6 Å². The second-order valence-corrected chi connectivity index (χ2v) is 5.71. The van der Waals surface area contributed by atoms with Gasteiger partial charge in [-0.1, -0.05) is 22.0 Å². The number of nitrogens with two attached hydrogens (primary N) is 1. The fraction of sp³-hybridized carbons (Fsp3) is 0.231. The summed E-state index contributed by atoms with van der Waals surface area (Å²) in [7, 11) is 0. The third kappa shape index (κ3) is 3.56. The van der Waals surface area contributed by atoms with Crippen LogP contribution in [-0.2, 0) is 6.54 Å². The summed E-state index contributed by atoms with van der Waals surface area (Å²) in [6.07, 6.45) is 0. The lowest BCUT2D eigenvalue weighted by Crippen LogP contribution is -2.28. The predicted octanol–water partition coefficient (Wildman–Crippen LogP) is 3.48. The number of benzene rings is 1. The fourth-order valence-corrected chi connectivity index (χ4v) is 2.68. The first kappa shape index (κ1) is 12.6. The van der Waals surface area contributed by atoms with E-state index in [0.29, 0.717) is 6.54 Å². The molecular formula is C13H15BrN2S. The van der Waals surface area contributed by atoms with Crippen LogP contribution >= 0.6 is 27.3 Å². The molecule has 0 saturated carbocycles. The highest BCUT2D eigenvalue weighted by atomic mass is 79.9. The summed E-state index contributed by atoms with van der Waals surface area (Å²) in [5.41, 5.74) is 6.89. The van der Waals surface area contributed by atoms with Crippen molar-refractivity contribution in [1.82, 2.24) is 0 Å². The molecule has 17 heavy (non-hydrogen) atoms. The summed E-state index contributed by atoms with van der Waals surface area (Å²) in [4.78, 5) is 3.67. The van der Waals surface area contributed by atoms with Crippen molar-refractivity contribution in [3.63, 3.8) is 0 Å². The van der Waals surface area contributed by atoms with Crippen LogP contribution in [0, 0.1) is 0 Å². The highest BCUT2D eigenvalue weighted by molar-refractivity contribution is 9.10. The molecule has 0 atom stereocenters. The Morgan fingerprint density at radius 2 is 1.94 bits per heavy atom. The summed E-state index contributed by atoms with van der Waals surface area (Å²) >= 11 is 5.24. The maximum Gasteiger partial charge on any atom is 0.0523 e. The lowest BCUT2D eigenvalue weighted by atomic mass is 10.2. The second kappa shape index (κ2) is 6.19. The van der Waals surface area contributed by atoms with Gasteiger partial charge in [-0.05, 0) is 35.7 Å². The van der Waals surface area contributed by atoms with Gasteiger partial charge in [0.15, 0.2) is 0 Å². The minimum Gasteiger partial charge on any atom is -0.365 e. The van der Waals surface area contributed by atoms with E-state index in [2.05, 4.69) is 62.6 Å². The molecule has 2 rings (SSSR count). The zero-order chi connectivity index (χ0) is 12.1. The Hall–Kier alpha value is -0.840. The Morgan fingerprint density at radius 3 is 2.53 bits per heavy atom. The molecule has 2 aromatic rings. The Kier molecular flexibility index (Phi) is 4.59. The molecule has 1 aromatic heterocycles. The summed E-state index contributed by atoms with van der Waals surface area (Å²) in [5.74, 6) is 0. The van der Waals surface area contributed by atoms with Gasteiger partial charge in [0.2, 0.25) is 0 Å². The minimum absolute atomic E-state index is 0.668. The molecule has 0 aliphatic rings. The van der Waals surface area contributed by atoms with E-state index in [1.807, 2.05) is 0 Å². The Bertz CT molecular complexity index is 439. The molecule has 0 fully saturated rings. The van der Waals surface area contributed by atoms with E-state index < -0.39 is 0 Å². The molecule has 0 aliphatic carbocycles. The molecule has 0 saturated heterocycles. The normalized spacial score (nSPS) is 10.5. The van der Waals surface area contributed by atoms with Crippen LogP contribution in [0.15, 0.2) is 46.3 Å². The summed E-state index contributed by atoms with van der Waals surface area (Å²) < 4.78 is 1.10. The zero-order valence-electron chi connectivity index (χ0n) is 9.47. The number of hydrogen-bond acceptors (Lipinski definition) is 3. The fourth-order valence-electron chi connectivity index (χ4n) is 1.70. The SMILES string of the molecule is NCCN(Cc1cccs1)c1ccc(Br)cc1. The van der Waals surface area contributed by atoms with Crippen molar-refractivity contribution in [2.75, 3.05) is 18.0 Å². The average Bonchev–Trinajstić information content (AvgIpc) is 2.82. The molecule has 1 aromatic carbocycles. The molecular weight excluding hydrogens is 296 g/mol. The van der Waals surface area contributed by atoms with Crippen LogP contribution in [0.3, 0.4) is 0 Å². The van der Waals surface area contributed by atoms with E-state index in [1.54, 1.807) is 11.3 Å². The maximum atomic E-state index is 5.68. The Balaban J connectivity index is 2.13. The quantitative estimate of drug-likeness (QED) is 0.916. The first-order valence-corrected chi connectivity index (χ1v) is 7.20. The van der Waals surface area contributed by atoms with E-state index >= 15 is 0 Å². The zero-order valence-corrected chi connectivity index (χ0v) is 11.9. The van der Waals surface area contributed by atoms with Gasteiger partial charge in [0.1, 0.15) is 0 Å². The molecule has 0 amide bonds. The van der Waals surface area contributed by atoms with Gasteiger partial charge in [-0.15, -0.1) is 11.3 Å². The lowest BCUT2D eigenvalue weighted by molar-refractivity contribution is 0.797. The molecule has 90 valence electrons. The summed E-state index contributed by atoms with van der Waals surface area (Å²) in [6, 6.07) is 12.6. The lowest BCUT2D eigenvalue weighted by Gasteiger charge is -2.23. The van der Waals surface area contributed by atoms with Crippen molar-refractivity contribution in [3.8, 4) is 0 Å². The van der Waals surface area contributed by atoms with Crippen molar-refractivity contribution in [1.29, 1.82) is 0 Å². The minimum atomic E-state index is 0.668. The molecule has 0 spiro atoms. The summed E-state index contributed by atoms with van der Waals surface area (Å²) in [5, 5.41) is 2.11. The third-order valence-corrected chi connectivity index (χ3v) is 3.91. The van der Waals surface area contributed by atoms with E-state index in [-0.39, 0.29) is 0 Å². The van der Waals surface area contributed by atoms with Gasteiger partial charge in [-0.2, -0.15) is 0 Å². The van der Waals surface area contributed by atoms with E-state index in [1.165, 1.54) is 10.6 Å². The van der Waals surface area contributed by atoms with Gasteiger partial charge in [0.25, 0.3) is 0 Å². The van der Waals surface area contributed by atoms with Crippen LogP contribution in [0.5, 0.6) is 0 Å². The molecule has 0 bridgehead atoms. The number of hydrogen-bond donors (Lipinski definition) is 1. The number of thiophene rings is 1. The van der Waals surface area contributed by atoms with Crippen molar-refractivity contribution >= 4 is 33.0 Å². The van der Waals surface area contributed by atoms with Crippen molar-refractivity contribution in [2.45, 2.75) is 6.54 Å². The van der Waals surface area contributed by atoms with Gasteiger partial charge in [0.05, 0.1) is 6.54 Å². The van der Waals surface area contributed by atoms with Crippen LogP contribution in [0.4, 0.5) is 5.69 Å². The smallest absolute Gasteiger partial charge is 0.0523 e. The second-order valence-electron chi connectivity index (χ2n) is 3.77. The Morgan fingerprint density at radius 1 is 1.18 bits per heavy atom. The largest absolute Gasteiger partial charge is 0.365 e. The number of halogens is 1. The first-order chi connectivity index (χ1) is 8.29. The Labute approximate surface area is 114 Å². The molecule has 2 nitrogen and oxygen atoms in total. The van der Waals surface area contributed by atoms with Crippen LogP contribution in [0.25, 0.3) is 0 Å². The predicted molar refractivity (Wildman–Crippen MR) is 78.6 cm³/mol. The number of nitrogens with zero attached hydrogens (tertiary/aromatic N) is 1. The van der Waals surface area contributed by atoms with Crippen molar-refractivity contribution in [2.24, 2.45) is 5.73 Å². The molecule has 0 unspecified atom stereocenters. The molecule has 0 aliphatic heterocycles.